The second-order valence-corrected chi connectivity index (χ2v) is 15.8. The second-order valence-electron chi connectivity index (χ2n) is 15.8. The summed E-state index contributed by atoms with van der Waals surface area (Å²) in [5, 5.41) is 61.7. The van der Waals surface area contributed by atoms with Crippen molar-refractivity contribution in [2.45, 2.75) is 136 Å². The molecule has 14 nitrogen and oxygen atoms in total. The molecule has 0 radical (unpaired) electrons. The van der Waals surface area contributed by atoms with E-state index in [1.54, 1.807) is 19.9 Å². The lowest BCUT2D eigenvalue weighted by molar-refractivity contribution is -0.491. The van der Waals surface area contributed by atoms with Gasteiger partial charge in [0.15, 0.2) is 0 Å². The lowest BCUT2D eigenvalue weighted by atomic mass is 9.84. The van der Waals surface area contributed by atoms with Crippen LogP contribution in [0.4, 0.5) is 4.39 Å². The van der Waals surface area contributed by atoms with E-state index in [2.05, 4.69) is 20.8 Å². The highest BCUT2D eigenvalue weighted by Crippen LogP contribution is 2.28. The quantitative estimate of drug-likeness (QED) is 0.0343. The number of nitrogens with one attached hydrogen (secondary N) is 3. The van der Waals surface area contributed by atoms with E-state index in [1.165, 1.54) is 39.2 Å². The first-order valence-electron chi connectivity index (χ1n) is 20.2. The Morgan fingerprint density at radius 2 is 1.78 bits per heavy atom. The number of halogens is 1. The number of esters is 1. The second kappa shape index (κ2) is 25.6. The van der Waals surface area contributed by atoms with E-state index in [9.17, 15) is 49.1 Å². The number of amides is 2. The van der Waals surface area contributed by atoms with Crippen molar-refractivity contribution in [1.82, 2.24) is 21.1 Å². The largest absolute Gasteiger partial charge is 0.830 e. The molecule has 0 spiro atoms. The van der Waals surface area contributed by atoms with Crippen molar-refractivity contribution in [1.29, 1.82) is 0 Å². The number of methoxy groups -OCH3 is 1. The van der Waals surface area contributed by atoms with Crippen LogP contribution < -0.4 is 21.2 Å². The molecule has 1 heterocycles. The lowest BCUT2D eigenvalue weighted by Gasteiger charge is -2.40. The molecular weight excluding hydrogens is 751 g/mol. The lowest BCUT2D eigenvalue weighted by Crippen LogP contribution is -2.63. The first-order valence-corrected chi connectivity index (χ1v) is 20.2. The molecule has 10 atom stereocenters. The maximum absolute atomic E-state index is 14.7. The van der Waals surface area contributed by atoms with E-state index in [-0.39, 0.29) is 43.1 Å². The molecular formula is C43H66FN4O10-. The van der Waals surface area contributed by atoms with Gasteiger partial charge in [-0.25, -0.2) is 14.6 Å². The van der Waals surface area contributed by atoms with Gasteiger partial charge in [-0.1, -0.05) is 75.8 Å². The molecule has 1 saturated heterocycles. The Kier molecular flexibility index (Phi) is 22.2. The highest BCUT2D eigenvalue weighted by atomic mass is 19.1. The van der Waals surface area contributed by atoms with Gasteiger partial charge in [-0.2, -0.15) is 0 Å². The molecule has 15 heteroatoms. The molecule has 5 unspecified atom stereocenters. The molecule has 0 bridgehead atoms. The van der Waals surface area contributed by atoms with Gasteiger partial charge >= 0.3 is 5.97 Å². The van der Waals surface area contributed by atoms with E-state index >= 15 is 0 Å². The van der Waals surface area contributed by atoms with Crippen LogP contribution in [0.15, 0.2) is 71.7 Å². The van der Waals surface area contributed by atoms with Crippen LogP contribution in [-0.4, -0.2) is 106 Å². The molecule has 0 aromatic heterocycles. The Labute approximate surface area is 342 Å². The van der Waals surface area contributed by atoms with Gasteiger partial charge in [0, 0.05) is 43.3 Å². The topological polar surface area (TPSA) is 221 Å². The number of nitrogens with zero attached hydrogens (tertiary/aromatic N) is 1. The highest BCUT2D eigenvalue weighted by molar-refractivity contribution is 5.90. The fourth-order valence-electron chi connectivity index (χ4n) is 6.70. The summed E-state index contributed by atoms with van der Waals surface area (Å²) in [6.45, 7) is 10.4. The number of aliphatic hydroxyl groups is 4. The molecule has 0 aromatic carbocycles. The Bertz CT molecular complexity index is 1540. The normalized spacial score (nSPS) is 23.0. The fraction of sp³-hybridized carbons (Fsp3) is 0.628. The van der Waals surface area contributed by atoms with Gasteiger partial charge in [0.2, 0.25) is 5.91 Å². The van der Waals surface area contributed by atoms with E-state index in [0.717, 1.165) is 23.4 Å². The van der Waals surface area contributed by atoms with Crippen LogP contribution in [0.3, 0.4) is 0 Å². The molecule has 0 saturated carbocycles. The number of carbonyl (C=O) groups is 4. The summed E-state index contributed by atoms with van der Waals surface area (Å²) in [6, 6.07) is -3.33. The first-order chi connectivity index (χ1) is 27.4. The summed E-state index contributed by atoms with van der Waals surface area (Å²) in [5.74, 6) is -4.89. The maximum Gasteiger partial charge on any atom is 0.330 e. The average molecular weight is 818 g/mol. The van der Waals surface area contributed by atoms with Crippen LogP contribution in [0.1, 0.15) is 92.9 Å². The minimum Gasteiger partial charge on any atom is -0.830 e. The van der Waals surface area contributed by atoms with Gasteiger partial charge in [0.25, 0.3) is 5.91 Å². The average Bonchev–Trinajstić information content (AvgIpc) is 3.17. The third-order valence-electron chi connectivity index (χ3n) is 10.5. The SMILES string of the molecule is COC(=O)/C=C/C=C(\C)CC/C=C/C=C/C[C@H](C)[C@@H](O)[C@@H](CCC(C)=O)C(O)N[C@H](C(=O)N[C@@H](CC1=CC(O)C(C)C(F)=C1)C(=O)N1CCCC(C([O-])O)N1)C(C)C. The van der Waals surface area contributed by atoms with Crippen molar-refractivity contribution in [3.05, 3.63) is 71.7 Å². The highest BCUT2D eigenvalue weighted by Gasteiger charge is 2.37. The van der Waals surface area contributed by atoms with Gasteiger partial charge < -0.3 is 40.4 Å². The van der Waals surface area contributed by atoms with Gasteiger partial charge in [0.05, 0.1) is 25.4 Å². The van der Waals surface area contributed by atoms with Crippen LogP contribution in [0.2, 0.25) is 0 Å². The Balaban J connectivity index is 2.19. The Morgan fingerprint density at radius 1 is 1.09 bits per heavy atom. The number of hydrogen-bond acceptors (Lipinski definition) is 12. The number of ketones is 1. The van der Waals surface area contributed by atoms with E-state index in [4.69, 9.17) is 0 Å². The van der Waals surface area contributed by atoms with Gasteiger partial charge in [-0.15, -0.1) is 0 Å². The third-order valence-corrected chi connectivity index (χ3v) is 10.5. The molecule has 7 N–H and O–H groups in total. The van der Waals surface area contributed by atoms with Crippen molar-refractivity contribution < 1.29 is 53.8 Å². The van der Waals surface area contributed by atoms with Crippen molar-refractivity contribution >= 4 is 23.6 Å². The number of Topliss-reactive ketones (excluding diaryl/α,β-unsaturated/α-hetero) is 1. The van der Waals surface area contributed by atoms with Crippen molar-refractivity contribution in [3.8, 4) is 0 Å². The minimum atomic E-state index is -1.99. The zero-order valence-corrected chi connectivity index (χ0v) is 35.0. The zero-order valence-electron chi connectivity index (χ0n) is 35.0. The van der Waals surface area contributed by atoms with Crippen molar-refractivity contribution in [3.63, 3.8) is 0 Å². The number of hydrazine groups is 1. The number of carbonyl (C=O) groups excluding carboxylic acids is 4. The van der Waals surface area contributed by atoms with Gasteiger partial charge in [0.1, 0.15) is 23.9 Å². The number of aliphatic hydroxyl groups excluding tert-OH is 4. The summed E-state index contributed by atoms with van der Waals surface area (Å²) in [4.78, 5) is 51.1. The predicted octanol–water partition coefficient (Wildman–Crippen LogP) is 2.70. The summed E-state index contributed by atoms with van der Waals surface area (Å²) < 4.78 is 19.3. The number of ether oxygens (including phenoxy) is 1. The third kappa shape index (κ3) is 17.2. The zero-order chi connectivity index (χ0) is 43.5. The van der Waals surface area contributed by atoms with Crippen LogP contribution in [0.5, 0.6) is 0 Å². The van der Waals surface area contributed by atoms with E-state index in [0.29, 0.717) is 19.3 Å². The Morgan fingerprint density at radius 3 is 2.40 bits per heavy atom. The van der Waals surface area contributed by atoms with E-state index < -0.39 is 84.2 Å². The molecule has 0 aromatic rings. The van der Waals surface area contributed by atoms with Crippen LogP contribution in [0, 0.1) is 23.7 Å². The molecule has 1 aliphatic heterocycles. The molecule has 58 heavy (non-hydrogen) atoms. The van der Waals surface area contributed by atoms with Crippen LogP contribution in [0.25, 0.3) is 0 Å². The van der Waals surface area contributed by atoms with Crippen LogP contribution in [-0.2, 0) is 23.9 Å². The first kappa shape index (κ1) is 50.3. The molecule has 2 rings (SSSR count). The smallest absolute Gasteiger partial charge is 0.330 e. The van der Waals surface area contributed by atoms with Gasteiger partial charge in [-0.05, 0) is 82.1 Å². The minimum absolute atomic E-state index is 0.0821. The van der Waals surface area contributed by atoms with E-state index in [1.807, 2.05) is 44.2 Å². The molecule has 326 valence electrons. The van der Waals surface area contributed by atoms with Crippen molar-refractivity contribution in [2.75, 3.05) is 13.7 Å². The standard InChI is InChI=1S/C43H66FN4O10/c1-26(2)38(41(54)45-35(24-31-23-33(44)30(6)36(50)25-31)42(55)48-22-14-18-34(47-48)43(56)57)46-40(53)32(21-20-29(5)49)39(52)28(4)17-12-10-8-9-11-15-27(3)16-13-19-37(51)58-7/h8-10,12-13,16,19,23,25-26,28,30,32,34-36,38-40,43,46-47,50,52-53,56H,11,14-15,17-18,20-22,24H2,1-7H3,(H,45,54)/q-1/b9-8+,12-10+,19-13+,27-16+/t28-,30?,32+,34?,35-,36?,38-,39+,40?,43?/m0/s1. The van der Waals surface area contributed by atoms with Crippen LogP contribution >= 0.6 is 0 Å². The van der Waals surface area contributed by atoms with Crippen molar-refractivity contribution in [2.24, 2.45) is 23.7 Å². The molecule has 1 fully saturated rings. The summed E-state index contributed by atoms with van der Waals surface area (Å²) in [5.41, 5.74) is 4.09. The summed E-state index contributed by atoms with van der Waals surface area (Å²) in [7, 11) is 1.32. The monoisotopic (exact) mass is 817 g/mol. The number of hydrogen-bond donors (Lipinski definition) is 7. The Hall–Kier alpha value is -3.83. The summed E-state index contributed by atoms with van der Waals surface area (Å²) >= 11 is 0. The molecule has 2 aliphatic rings. The number of rotatable bonds is 23. The number of allylic oxidation sites excluding steroid dienone is 8. The fourth-order valence-corrected chi connectivity index (χ4v) is 6.70. The predicted molar refractivity (Wildman–Crippen MR) is 216 cm³/mol. The maximum atomic E-state index is 14.7. The molecule has 1 aliphatic carbocycles. The van der Waals surface area contributed by atoms with Gasteiger partial charge in [-0.3, -0.25) is 19.9 Å². The molecule has 2 amide bonds. The summed E-state index contributed by atoms with van der Waals surface area (Å²) in [6.07, 6.45) is 12.2.